The van der Waals surface area contributed by atoms with Crippen LogP contribution in [0, 0.1) is 0 Å². The van der Waals surface area contributed by atoms with Crippen molar-refractivity contribution in [2.24, 2.45) is 0 Å². The van der Waals surface area contributed by atoms with E-state index in [0.29, 0.717) is 0 Å². The maximum atomic E-state index is 3.46. The minimum absolute atomic E-state index is 1.12. The predicted octanol–water partition coefficient (Wildman–Crippen LogP) is 5.87. The molecule has 0 atom stereocenters. The van der Waals surface area contributed by atoms with Crippen molar-refractivity contribution in [1.29, 1.82) is 0 Å². The van der Waals surface area contributed by atoms with Crippen LogP contribution in [0.2, 0.25) is 0 Å². The summed E-state index contributed by atoms with van der Waals surface area (Å²) in [7, 11) is 0. The third-order valence-corrected chi connectivity index (χ3v) is 4.35. The fourth-order valence-electron chi connectivity index (χ4n) is 3.24. The van der Waals surface area contributed by atoms with E-state index in [1.165, 1.54) is 22.3 Å². The summed E-state index contributed by atoms with van der Waals surface area (Å²) in [6, 6.07) is 21.6. The normalized spacial score (nSPS) is 12.7. The Hall–Kier alpha value is -3.26. The second-order valence-electron chi connectivity index (χ2n) is 6.27. The predicted molar refractivity (Wildman–Crippen MR) is 103 cm³/mol. The number of fused-ring (bicyclic) bond motifs is 8. The quantitative estimate of drug-likeness (QED) is 0.359. The highest BCUT2D eigenvalue weighted by molar-refractivity contribution is 5.81. The summed E-state index contributed by atoms with van der Waals surface area (Å²) in [6.45, 7) is 0. The number of rotatable bonds is 0. The standard InChI is InChI=1S/C22H16N2/c1-2-16-9-15(1)11-19-5-6-21(23-19)13-17-3-4-18(10-17)14-22-8-7-20(12-16)24-22/h1-14,23-24H. The summed E-state index contributed by atoms with van der Waals surface area (Å²) >= 11 is 0. The lowest BCUT2D eigenvalue weighted by Gasteiger charge is -1.86. The molecular weight excluding hydrogens is 292 g/mol. The van der Waals surface area contributed by atoms with E-state index in [0.717, 1.165) is 22.1 Å². The van der Waals surface area contributed by atoms with Crippen LogP contribution in [-0.2, 0) is 0 Å². The summed E-state index contributed by atoms with van der Waals surface area (Å²) in [5.74, 6) is 0. The van der Waals surface area contributed by atoms with Gasteiger partial charge in [-0.1, -0.05) is 24.3 Å². The molecule has 0 radical (unpaired) electrons. The summed E-state index contributed by atoms with van der Waals surface area (Å²) < 4.78 is 0. The van der Waals surface area contributed by atoms with Gasteiger partial charge in [0.2, 0.25) is 0 Å². The van der Waals surface area contributed by atoms with Gasteiger partial charge in [0.05, 0.1) is 0 Å². The Morgan fingerprint density at radius 1 is 0.375 bits per heavy atom. The molecule has 3 aromatic rings. The van der Waals surface area contributed by atoms with Gasteiger partial charge in [-0.15, -0.1) is 0 Å². The number of aromatic nitrogens is 2. The first-order valence-corrected chi connectivity index (χ1v) is 8.11. The summed E-state index contributed by atoms with van der Waals surface area (Å²) in [5.41, 5.74) is 9.28. The van der Waals surface area contributed by atoms with Crippen LogP contribution >= 0.6 is 0 Å². The van der Waals surface area contributed by atoms with Crippen molar-refractivity contribution in [3.05, 3.63) is 82.9 Å². The third-order valence-electron chi connectivity index (χ3n) is 4.35. The van der Waals surface area contributed by atoms with Crippen molar-refractivity contribution in [2.45, 2.75) is 0 Å². The molecule has 2 N–H and O–H groups in total. The Labute approximate surface area is 139 Å². The van der Waals surface area contributed by atoms with Gasteiger partial charge in [0, 0.05) is 22.1 Å². The molecule has 2 nitrogen and oxygen atoms in total. The molecule has 2 aliphatic carbocycles. The Kier molecular flexibility index (Phi) is 2.83. The lowest BCUT2D eigenvalue weighted by atomic mass is 10.3. The van der Waals surface area contributed by atoms with Crippen LogP contribution in [-0.4, -0.2) is 9.97 Å². The Morgan fingerprint density at radius 3 is 0.958 bits per heavy atom. The average molecular weight is 308 g/mol. The van der Waals surface area contributed by atoms with E-state index in [2.05, 4.69) is 94.9 Å². The van der Waals surface area contributed by atoms with E-state index in [9.17, 15) is 0 Å². The molecule has 2 aliphatic rings. The molecule has 0 saturated heterocycles. The zero-order valence-electron chi connectivity index (χ0n) is 13.1. The zero-order chi connectivity index (χ0) is 15.9. The minimum atomic E-state index is 1.12. The highest BCUT2D eigenvalue weighted by Gasteiger charge is 1.99. The molecule has 0 aromatic carbocycles. The van der Waals surface area contributed by atoms with E-state index in [1.807, 2.05) is 0 Å². The van der Waals surface area contributed by atoms with Gasteiger partial charge in [-0.05, 0) is 82.9 Å². The molecule has 0 unspecified atom stereocenters. The number of hydrogen-bond donors (Lipinski definition) is 2. The molecule has 24 heavy (non-hydrogen) atoms. The van der Waals surface area contributed by atoms with E-state index < -0.39 is 0 Å². The summed E-state index contributed by atoms with van der Waals surface area (Å²) in [6.07, 6.45) is 8.58. The van der Waals surface area contributed by atoms with Crippen molar-refractivity contribution in [3.8, 4) is 0 Å². The molecule has 114 valence electrons. The maximum Gasteiger partial charge on any atom is 0.0390 e. The number of hydrogen-bond acceptors (Lipinski definition) is 0. The molecule has 2 heteroatoms. The van der Waals surface area contributed by atoms with Gasteiger partial charge in [-0.25, -0.2) is 0 Å². The van der Waals surface area contributed by atoms with Crippen molar-refractivity contribution in [3.63, 3.8) is 0 Å². The van der Waals surface area contributed by atoms with Crippen molar-refractivity contribution in [1.82, 2.24) is 9.97 Å². The molecule has 3 heterocycles. The van der Waals surface area contributed by atoms with E-state index in [1.54, 1.807) is 0 Å². The van der Waals surface area contributed by atoms with E-state index in [-0.39, 0.29) is 0 Å². The van der Waals surface area contributed by atoms with Crippen molar-refractivity contribution in [2.75, 3.05) is 0 Å². The molecule has 0 saturated carbocycles. The Bertz CT molecular complexity index is 978. The SMILES string of the molecule is C1=Cc2cc1cc1ccc(cc3cc(cc4ccc(c2)[nH]4)C=C3)[nH]1. The fraction of sp³-hybridized carbons (Fsp3) is 0. The Morgan fingerprint density at radius 2 is 0.667 bits per heavy atom. The van der Waals surface area contributed by atoms with Crippen molar-refractivity contribution < 1.29 is 0 Å². The van der Waals surface area contributed by atoms with Gasteiger partial charge in [-0.2, -0.15) is 0 Å². The van der Waals surface area contributed by atoms with Crippen LogP contribution in [0.5, 0.6) is 0 Å². The summed E-state index contributed by atoms with van der Waals surface area (Å²) in [4.78, 5) is 6.91. The molecular formula is C22H16N2. The van der Waals surface area contributed by atoms with Gasteiger partial charge in [0.1, 0.15) is 0 Å². The number of nitrogens with one attached hydrogen (secondary N) is 2. The molecule has 8 bridgehead atoms. The van der Waals surface area contributed by atoms with Gasteiger partial charge in [-0.3, -0.25) is 0 Å². The van der Waals surface area contributed by atoms with Gasteiger partial charge in [0.25, 0.3) is 0 Å². The fourth-order valence-corrected chi connectivity index (χ4v) is 3.24. The first-order chi connectivity index (χ1) is 11.8. The largest absolute Gasteiger partial charge is 0.355 e. The maximum absolute atomic E-state index is 3.46. The van der Waals surface area contributed by atoms with Gasteiger partial charge in [0.15, 0.2) is 0 Å². The molecule has 0 amide bonds. The number of H-pyrrole nitrogens is 2. The minimum Gasteiger partial charge on any atom is -0.355 e. The van der Waals surface area contributed by atoms with Gasteiger partial charge >= 0.3 is 0 Å². The molecule has 0 aliphatic heterocycles. The van der Waals surface area contributed by atoms with Crippen LogP contribution in [0.25, 0.3) is 46.4 Å². The third kappa shape index (κ3) is 2.48. The molecule has 3 aromatic heterocycles. The highest BCUT2D eigenvalue weighted by atomic mass is 14.7. The topological polar surface area (TPSA) is 31.6 Å². The molecule has 0 fully saturated rings. The molecule has 0 spiro atoms. The van der Waals surface area contributed by atoms with Crippen LogP contribution in [0.15, 0.2) is 60.7 Å². The smallest absolute Gasteiger partial charge is 0.0390 e. The second kappa shape index (κ2) is 5.14. The van der Waals surface area contributed by atoms with Crippen LogP contribution in [0.1, 0.15) is 22.3 Å². The second-order valence-corrected chi connectivity index (χ2v) is 6.27. The lowest BCUT2D eigenvalue weighted by Crippen LogP contribution is -1.68. The number of aromatic amines is 2. The van der Waals surface area contributed by atoms with Crippen LogP contribution in [0.4, 0.5) is 0 Å². The monoisotopic (exact) mass is 308 g/mol. The summed E-state index contributed by atoms with van der Waals surface area (Å²) in [5, 5.41) is 0. The van der Waals surface area contributed by atoms with Crippen LogP contribution in [0.3, 0.4) is 0 Å². The Balaban J connectivity index is 1.85. The molecule has 5 rings (SSSR count). The first-order valence-electron chi connectivity index (χ1n) is 8.11. The van der Waals surface area contributed by atoms with E-state index in [4.69, 9.17) is 0 Å². The van der Waals surface area contributed by atoms with Crippen molar-refractivity contribution >= 4 is 46.4 Å². The van der Waals surface area contributed by atoms with Crippen LogP contribution < -0.4 is 0 Å². The first kappa shape index (κ1) is 13.2. The zero-order valence-corrected chi connectivity index (χ0v) is 13.1. The highest BCUT2D eigenvalue weighted by Crippen LogP contribution is 2.20. The average Bonchev–Trinajstić information content (AvgIpc) is 3.32. The lowest BCUT2D eigenvalue weighted by molar-refractivity contribution is 1.53. The van der Waals surface area contributed by atoms with Gasteiger partial charge < -0.3 is 9.97 Å². The van der Waals surface area contributed by atoms with E-state index >= 15 is 0 Å².